The Morgan fingerprint density at radius 1 is 1.16 bits per heavy atom. The number of benzene rings is 2. The standard InChI is InChI=1S/C14H12F2N2O/c1-8-5-6-10(15)12(7-8)18-14(19)9-3-2-4-11(16)13(9)17/h2-7H,17H2,1H3,(H,18,19). The van der Waals surface area contributed by atoms with Gasteiger partial charge in [-0.15, -0.1) is 0 Å². The molecule has 0 heterocycles. The van der Waals surface area contributed by atoms with Crippen molar-refractivity contribution in [1.29, 1.82) is 0 Å². The first-order valence-electron chi connectivity index (χ1n) is 5.60. The number of rotatable bonds is 2. The molecule has 0 aliphatic rings. The van der Waals surface area contributed by atoms with Crippen LogP contribution in [0.1, 0.15) is 15.9 Å². The molecular weight excluding hydrogens is 250 g/mol. The third-order valence-corrected chi connectivity index (χ3v) is 2.67. The zero-order valence-electron chi connectivity index (χ0n) is 10.2. The monoisotopic (exact) mass is 262 g/mol. The number of hydrogen-bond donors (Lipinski definition) is 2. The molecule has 0 bridgehead atoms. The highest BCUT2D eigenvalue weighted by Crippen LogP contribution is 2.20. The zero-order valence-corrected chi connectivity index (χ0v) is 10.2. The van der Waals surface area contributed by atoms with Gasteiger partial charge in [-0.1, -0.05) is 12.1 Å². The number of anilines is 2. The zero-order chi connectivity index (χ0) is 14.0. The van der Waals surface area contributed by atoms with Gasteiger partial charge in [0.2, 0.25) is 0 Å². The third kappa shape index (κ3) is 2.70. The van der Waals surface area contributed by atoms with Crippen LogP contribution in [0.4, 0.5) is 20.2 Å². The van der Waals surface area contributed by atoms with Gasteiger partial charge in [0.25, 0.3) is 5.91 Å². The van der Waals surface area contributed by atoms with Crippen LogP contribution in [-0.4, -0.2) is 5.91 Å². The van der Waals surface area contributed by atoms with Crippen molar-refractivity contribution in [1.82, 2.24) is 0 Å². The summed E-state index contributed by atoms with van der Waals surface area (Å²) in [5, 5.41) is 2.37. The Labute approximate surface area is 109 Å². The van der Waals surface area contributed by atoms with Crippen LogP contribution in [0.25, 0.3) is 0 Å². The van der Waals surface area contributed by atoms with Gasteiger partial charge in [-0.25, -0.2) is 8.78 Å². The molecule has 0 saturated carbocycles. The van der Waals surface area contributed by atoms with Crippen molar-refractivity contribution in [3.8, 4) is 0 Å². The molecule has 3 nitrogen and oxygen atoms in total. The van der Waals surface area contributed by atoms with Crippen LogP contribution in [0.15, 0.2) is 36.4 Å². The van der Waals surface area contributed by atoms with E-state index in [4.69, 9.17) is 5.73 Å². The highest BCUT2D eigenvalue weighted by Gasteiger charge is 2.14. The van der Waals surface area contributed by atoms with Gasteiger partial charge in [-0.3, -0.25) is 4.79 Å². The summed E-state index contributed by atoms with van der Waals surface area (Å²) >= 11 is 0. The summed E-state index contributed by atoms with van der Waals surface area (Å²) in [5.41, 5.74) is 6.02. The molecular formula is C14H12F2N2O. The number of nitrogens with one attached hydrogen (secondary N) is 1. The first-order chi connectivity index (χ1) is 8.99. The minimum atomic E-state index is -0.683. The largest absolute Gasteiger partial charge is 0.396 e. The molecule has 2 rings (SSSR count). The van der Waals surface area contributed by atoms with Gasteiger partial charge in [0.15, 0.2) is 0 Å². The minimum absolute atomic E-state index is 0.0269. The molecule has 0 saturated heterocycles. The van der Waals surface area contributed by atoms with E-state index in [1.165, 1.54) is 24.3 Å². The fraction of sp³-hybridized carbons (Fsp3) is 0.0714. The number of carbonyl (C=O) groups is 1. The van der Waals surface area contributed by atoms with Gasteiger partial charge in [-0.05, 0) is 36.8 Å². The van der Waals surface area contributed by atoms with Crippen LogP contribution in [0.5, 0.6) is 0 Å². The molecule has 0 unspecified atom stereocenters. The van der Waals surface area contributed by atoms with Crippen molar-refractivity contribution >= 4 is 17.3 Å². The van der Waals surface area contributed by atoms with Gasteiger partial charge in [0, 0.05) is 0 Å². The molecule has 2 aromatic carbocycles. The second-order valence-electron chi connectivity index (χ2n) is 4.14. The average Bonchev–Trinajstić information content (AvgIpc) is 2.37. The molecule has 2 aromatic rings. The lowest BCUT2D eigenvalue weighted by Gasteiger charge is -2.09. The van der Waals surface area contributed by atoms with Gasteiger partial charge < -0.3 is 11.1 Å². The third-order valence-electron chi connectivity index (χ3n) is 2.67. The van der Waals surface area contributed by atoms with Crippen molar-refractivity contribution in [3.63, 3.8) is 0 Å². The topological polar surface area (TPSA) is 55.1 Å². The second-order valence-corrected chi connectivity index (χ2v) is 4.14. The minimum Gasteiger partial charge on any atom is -0.396 e. The van der Waals surface area contributed by atoms with E-state index in [-0.39, 0.29) is 16.9 Å². The van der Waals surface area contributed by atoms with Crippen LogP contribution >= 0.6 is 0 Å². The molecule has 0 atom stereocenters. The smallest absolute Gasteiger partial charge is 0.257 e. The predicted molar refractivity (Wildman–Crippen MR) is 69.9 cm³/mol. The van der Waals surface area contributed by atoms with Crippen LogP contribution in [0.3, 0.4) is 0 Å². The van der Waals surface area contributed by atoms with E-state index in [0.29, 0.717) is 0 Å². The SMILES string of the molecule is Cc1ccc(F)c(NC(=O)c2cccc(F)c2N)c1. The van der Waals surface area contributed by atoms with E-state index in [1.54, 1.807) is 13.0 Å². The maximum absolute atomic E-state index is 13.5. The Kier molecular flexibility index (Phi) is 3.46. The number of aryl methyl sites for hydroxylation is 1. The summed E-state index contributed by atoms with van der Waals surface area (Å²) in [4.78, 5) is 11.9. The summed E-state index contributed by atoms with van der Waals surface area (Å²) in [6, 6.07) is 8.22. The van der Waals surface area contributed by atoms with Crippen LogP contribution in [-0.2, 0) is 0 Å². The number of nitrogen functional groups attached to an aromatic ring is 1. The van der Waals surface area contributed by atoms with Gasteiger partial charge in [0.05, 0.1) is 16.9 Å². The molecule has 3 N–H and O–H groups in total. The quantitative estimate of drug-likeness (QED) is 0.817. The number of amides is 1. The van der Waals surface area contributed by atoms with Gasteiger partial charge >= 0.3 is 0 Å². The fourth-order valence-electron chi connectivity index (χ4n) is 1.66. The van der Waals surface area contributed by atoms with E-state index in [0.717, 1.165) is 11.6 Å². The predicted octanol–water partition coefficient (Wildman–Crippen LogP) is 3.11. The molecule has 0 aliphatic heterocycles. The highest BCUT2D eigenvalue weighted by molar-refractivity contribution is 6.07. The Balaban J connectivity index is 2.31. The lowest BCUT2D eigenvalue weighted by atomic mass is 10.1. The maximum atomic E-state index is 13.5. The summed E-state index contributed by atoms with van der Waals surface area (Å²) in [5.74, 6) is -1.90. The Hall–Kier alpha value is -2.43. The van der Waals surface area contributed by atoms with Crippen molar-refractivity contribution < 1.29 is 13.6 Å². The van der Waals surface area contributed by atoms with Crippen LogP contribution in [0, 0.1) is 18.6 Å². The second kappa shape index (κ2) is 5.06. The van der Waals surface area contributed by atoms with E-state index in [9.17, 15) is 13.6 Å². The first-order valence-corrected chi connectivity index (χ1v) is 5.60. The van der Waals surface area contributed by atoms with E-state index < -0.39 is 17.5 Å². The summed E-state index contributed by atoms with van der Waals surface area (Å²) in [7, 11) is 0. The highest BCUT2D eigenvalue weighted by atomic mass is 19.1. The Morgan fingerprint density at radius 2 is 1.89 bits per heavy atom. The van der Waals surface area contributed by atoms with E-state index >= 15 is 0 Å². The Morgan fingerprint density at radius 3 is 2.63 bits per heavy atom. The number of hydrogen-bond acceptors (Lipinski definition) is 2. The first kappa shape index (κ1) is 13.0. The van der Waals surface area contributed by atoms with E-state index in [2.05, 4.69) is 5.32 Å². The summed E-state index contributed by atoms with van der Waals surface area (Å²) < 4.78 is 26.7. The fourth-order valence-corrected chi connectivity index (χ4v) is 1.66. The van der Waals surface area contributed by atoms with Crippen molar-refractivity contribution in [3.05, 3.63) is 59.2 Å². The van der Waals surface area contributed by atoms with Gasteiger partial charge in [0.1, 0.15) is 11.6 Å². The van der Waals surface area contributed by atoms with Crippen molar-refractivity contribution in [2.45, 2.75) is 6.92 Å². The lowest BCUT2D eigenvalue weighted by Crippen LogP contribution is -2.15. The normalized spacial score (nSPS) is 10.3. The van der Waals surface area contributed by atoms with E-state index in [1.807, 2.05) is 0 Å². The van der Waals surface area contributed by atoms with Crippen molar-refractivity contribution in [2.24, 2.45) is 0 Å². The molecule has 0 spiro atoms. The maximum Gasteiger partial charge on any atom is 0.257 e. The lowest BCUT2D eigenvalue weighted by molar-refractivity contribution is 0.102. The number of para-hydroxylation sites is 1. The molecule has 0 aromatic heterocycles. The summed E-state index contributed by atoms with van der Waals surface area (Å²) in [6.45, 7) is 1.77. The van der Waals surface area contributed by atoms with Crippen LogP contribution in [0.2, 0.25) is 0 Å². The van der Waals surface area contributed by atoms with Crippen molar-refractivity contribution in [2.75, 3.05) is 11.1 Å². The molecule has 0 fully saturated rings. The number of nitrogens with two attached hydrogens (primary N) is 1. The number of halogens is 2. The van der Waals surface area contributed by atoms with Gasteiger partial charge in [-0.2, -0.15) is 0 Å². The molecule has 5 heteroatoms. The molecule has 19 heavy (non-hydrogen) atoms. The molecule has 98 valence electrons. The average molecular weight is 262 g/mol. The molecule has 0 aliphatic carbocycles. The Bertz CT molecular complexity index is 641. The molecule has 1 amide bonds. The summed E-state index contributed by atoms with van der Waals surface area (Å²) in [6.07, 6.45) is 0. The molecule has 0 radical (unpaired) electrons. The van der Waals surface area contributed by atoms with Crippen LogP contribution < -0.4 is 11.1 Å². The number of carbonyl (C=O) groups excluding carboxylic acids is 1.